The van der Waals surface area contributed by atoms with Crippen LogP contribution in [-0.2, 0) is 5.75 Å². The third-order valence-corrected chi connectivity index (χ3v) is 5.96. The summed E-state index contributed by atoms with van der Waals surface area (Å²) in [6.45, 7) is 0.922. The Morgan fingerprint density at radius 2 is 1.91 bits per heavy atom. The molecule has 2 heterocycles. The molecule has 4 aromatic rings. The van der Waals surface area contributed by atoms with Crippen LogP contribution in [0.4, 0.5) is 8.78 Å². The number of hydrogen-bond donors (Lipinski definition) is 1. The lowest BCUT2D eigenvalue weighted by molar-refractivity contribution is 0.0704. The Labute approximate surface area is 187 Å². The highest BCUT2D eigenvalue weighted by Crippen LogP contribution is 2.28. The molecule has 1 N–H and O–H groups in total. The highest BCUT2D eigenvalue weighted by atomic mass is 32.2. The number of amides is 1. The number of thioether (sulfide) groups is 1. The van der Waals surface area contributed by atoms with E-state index in [9.17, 15) is 13.6 Å². The van der Waals surface area contributed by atoms with Gasteiger partial charge in [0.1, 0.15) is 5.82 Å². The van der Waals surface area contributed by atoms with Crippen LogP contribution in [-0.4, -0.2) is 32.1 Å². The van der Waals surface area contributed by atoms with Gasteiger partial charge in [-0.15, -0.1) is 11.8 Å². The zero-order valence-electron chi connectivity index (χ0n) is 17.5. The van der Waals surface area contributed by atoms with E-state index in [1.807, 2.05) is 12.1 Å². The summed E-state index contributed by atoms with van der Waals surface area (Å²) >= 11 is 1.42. The fourth-order valence-corrected chi connectivity index (χ4v) is 4.26. The van der Waals surface area contributed by atoms with Crippen LogP contribution >= 0.6 is 11.8 Å². The molecule has 0 saturated carbocycles. The molecule has 7 nitrogen and oxygen atoms in total. The van der Waals surface area contributed by atoms with Crippen molar-refractivity contribution in [1.82, 2.24) is 25.0 Å². The number of halogens is 2. The predicted octanol–water partition coefficient (Wildman–Crippen LogP) is 4.95. The van der Waals surface area contributed by atoms with Gasteiger partial charge >= 0.3 is 6.55 Å². The number of imidazole rings is 1. The number of nitrogens with zero attached hydrogens (tertiary/aromatic N) is 4. The van der Waals surface area contributed by atoms with Crippen LogP contribution < -0.4 is 5.32 Å². The number of nitrogens with one attached hydrogen (secondary N) is 1. The molecule has 1 unspecified atom stereocenters. The van der Waals surface area contributed by atoms with Gasteiger partial charge in [-0.1, -0.05) is 36.3 Å². The Morgan fingerprint density at radius 3 is 2.66 bits per heavy atom. The minimum absolute atomic E-state index is 0.165. The molecular formula is C22H21F2N5O2S. The van der Waals surface area contributed by atoms with E-state index in [4.69, 9.17) is 4.52 Å². The number of hydrogen-bond acceptors (Lipinski definition) is 6. The van der Waals surface area contributed by atoms with Crippen molar-refractivity contribution in [3.05, 3.63) is 71.6 Å². The van der Waals surface area contributed by atoms with Crippen molar-refractivity contribution >= 4 is 28.7 Å². The highest BCUT2D eigenvalue weighted by Gasteiger charge is 2.22. The molecule has 0 fully saturated rings. The van der Waals surface area contributed by atoms with Gasteiger partial charge in [-0.3, -0.25) is 9.36 Å². The first-order valence-corrected chi connectivity index (χ1v) is 11.0. The summed E-state index contributed by atoms with van der Waals surface area (Å²) in [5.41, 5.74) is 1.36. The predicted molar refractivity (Wildman–Crippen MR) is 117 cm³/mol. The van der Waals surface area contributed by atoms with E-state index < -0.39 is 12.5 Å². The molecule has 0 aliphatic rings. The van der Waals surface area contributed by atoms with Gasteiger partial charge in [0, 0.05) is 24.3 Å². The standard InChI is InChI=1S/C22H21F2N5O2S/c1-13(20-27-16-8-4-5-9-17(16)29(20)22(23)24)11-25-21(30)15-7-3-6-10-18(15)32-12-19-26-14(2)31-28-19/h3-10,13,22H,11-12H2,1-2H3,(H,25,30). The summed E-state index contributed by atoms with van der Waals surface area (Å²) in [7, 11) is 0. The first kappa shape index (κ1) is 21.9. The molecule has 0 saturated heterocycles. The normalized spacial score (nSPS) is 12.4. The van der Waals surface area contributed by atoms with Crippen molar-refractivity contribution in [2.75, 3.05) is 6.54 Å². The van der Waals surface area contributed by atoms with Gasteiger partial charge in [-0.2, -0.15) is 13.8 Å². The van der Waals surface area contributed by atoms with E-state index in [0.29, 0.717) is 34.1 Å². The molecule has 2 aromatic heterocycles. The summed E-state index contributed by atoms with van der Waals surface area (Å²) in [5.74, 6) is 1.01. The zero-order chi connectivity index (χ0) is 22.7. The molecule has 0 bridgehead atoms. The van der Waals surface area contributed by atoms with Gasteiger partial charge in [0.05, 0.1) is 22.3 Å². The molecule has 32 heavy (non-hydrogen) atoms. The fraction of sp³-hybridized carbons (Fsp3) is 0.273. The Morgan fingerprint density at radius 1 is 1.16 bits per heavy atom. The first-order valence-electron chi connectivity index (χ1n) is 9.98. The average molecular weight is 458 g/mol. The minimum Gasteiger partial charge on any atom is -0.351 e. The van der Waals surface area contributed by atoms with Crippen molar-refractivity contribution in [3.8, 4) is 0 Å². The topological polar surface area (TPSA) is 85.8 Å². The smallest absolute Gasteiger partial charge is 0.320 e. The Hall–Kier alpha value is -3.27. The maximum atomic E-state index is 13.7. The molecule has 1 amide bonds. The zero-order valence-corrected chi connectivity index (χ0v) is 18.3. The van der Waals surface area contributed by atoms with Crippen molar-refractivity contribution in [3.63, 3.8) is 0 Å². The van der Waals surface area contributed by atoms with Crippen LogP contribution in [0.5, 0.6) is 0 Å². The molecule has 0 radical (unpaired) electrons. The van der Waals surface area contributed by atoms with Crippen molar-refractivity contribution in [2.45, 2.75) is 37.0 Å². The van der Waals surface area contributed by atoms with Crippen LogP contribution in [0.15, 0.2) is 57.9 Å². The van der Waals surface area contributed by atoms with E-state index in [1.54, 1.807) is 50.2 Å². The maximum absolute atomic E-state index is 13.7. The van der Waals surface area contributed by atoms with Crippen LogP contribution in [0.25, 0.3) is 11.0 Å². The SMILES string of the molecule is Cc1nc(CSc2ccccc2C(=O)NCC(C)c2nc3ccccc3n2C(F)F)no1. The average Bonchev–Trinajstić information content (AvgIpc) is 3.39. The molecule has 4 rings (SSSR count). The molecule has 0 aliphatic carbocycles. The third kappa shape index (κ3) is 4.64. The Balaban J connectivity index is 1.46. The molecule has 1 atom stereocenters. The van der Waals surface area contributed by atoms with Crippen molar-refractivity contribution < 1.29 is 18.1 Å². The largest absolute Gasteiger partial charge is 0.351 e. The van der Waals surface area contributed by atoms with Crippen LogP contribution in [0.3, 0.4) is 0 Å². The Bertz CT molecular complexity index is 1240. The number of alkyl halides is 2. The molecule has 0 aliphatic heterocycles. The van der Waals surface area contributed by atoms with Crippen molar-refractivity contribution in [1.29, 1.82) is 0 Å². The number of benzene rings is 2. The number of aryl methyl sites for hydroxylation is 1. The quantitative estimate of drug-likeness (QED) is 0.377. The van der Waals surface area contributed by atoms with Gasteiger partial charge in [-0.25, -0.2) is 4.98 Å². The van der Waals surface area contributed by atoms with E-state index in [1.165, 1.54) is 11.8 Å². The van der Waals surface area contributed by atoms with Gasteiger partial charge in [0.2, 0.25) is 5.89 Å². The second-order valence-electron chi connectivity index (χ2n) is 7.23. The molecular weight excluding hydrogens is 436 g/mol. The number of para-hydroxylation sites is 2. The summed E-state index contributed by atoms with van der Waals surface area (Å²) in [6.07, 6.45) is 0. The lowest BCUT2D eigenvalue weighted by atomic mass is 10.1. The van der Waals surface area contributed by atoms with Gasteiger partial charge in [0.15, 0.2) is 5.82 Å². The lowest BCUT2D eigenvalue weighted by Gasteiger charge is -2.15. The number of fused-ring (bicyclic) bond motifs is 1. The third-order valence-electron chi connectivity index (χ3n) is 4.89. The van der Waals surface area contributed by atoms with E-state index >= 15 is 0 Å². The maximum Gasteiger partial charge on any atom is 0.320 e. The summed E-state index contributed by atoms with van der Waals surface area (Å²) in [5, 5.41) is 6.71. The van der Waals surface area contributed by atoms with Gasteiger partial charge in [-0.05, 0) is 24.3 Å². The second-order valence-corrected chi connectivity index (χ2v) is 8.25. The summed E-state index contributed by atoms with van der Waals surface area (Å²) in [6, 6.07) is 13.9. The van der Waals surface area contributed by atoms with E-state index in [-0.39, 0.29) is 18.3 Å². The van der Waals surface area contributed by atoms with Crippen LogP contribution in [0.2, 0.25) is 0 Å². The van der Waals surface area contributed by atoms with Gasteiger partial charge in [0.25, 0.3) is 5.91 Å². The van der Waals surface area contributed by atoms with Crippen LogP contribution in [0, 0.1) is 6.92 Å². The monoisotopic (exact) mass is 457 g/mol. The van der Waals surface area contributed by atoms with Crippen molar-refractivity contribution in [2.24, 2.45) is 0 Å². The first-order chi connectivity index (χ1) is 15.4. The number of rotatable bonds is 8. The van der Waals surface area contributed by atoms with E-state index in [0.717, 1.165) is 9.46 Å². The fourth-order valence-electron chi connectivity index (χ4n) is 3.37. The second kappa shape index (κ2) is 9.47. The number of aromatic nitrogens is 4. The number of carbonyl (C=O) groups excluding carboxylic acids is 1. The summed E-state index contributed by atoms with van der Waals surface area (Å²) in [4.78, 5) is 22.2. The van der Waals surface area contributed by atoms with E-state index in [2.05, 4.69) is 20.4 Å². The van der Waals surface area contributed by atoms with Gasteiger partial charge < -0.3 is 9.84 Å². The summed E-state index contributed by atoms with van der Waals surface area (Å²) < 4.78 is 33.3. The number of carbonyl (C=O) groups is 1. The lowest BCUT2D eigenvalue weighted by Crippen LogP contribution is -2.29. The molecule has 166 valence electrons. The van der Waals surface area contributed by atoms with Crippen LogP contribution in [0.1, 0.15) is 47.3 Å². The molecule has 2 aromatic carbocycles. The minimum atomic E-state index is -2.72. The highest BCUT2D eigenvalue weighted by molar-refractivity contribution is 7.98. The molecule has 10 heteroatoms. The molecule has 0 spiro atoms. The Kier molecular flexibility index (Phi) is 6.50.